The quantitative estimate of drug-likeness (QED) is 0.176. The Morgan fingerprint density at radius 1 is 0.742 bits per heavy atom. The predicted molar refractivity (Wildman–Crippen MR) is 132 cm³/mol. The van der Waals surface area contributed by atoms with Crippen LogP contribution in [0.25, 0.3) is 0 Å². The molecule has 0 saturated heterocycles. The summed E-state index contributed by atoms with van der Waals surface area (Å²) >= 11 is 0. The lowest BCUT2D eigenvalue weighted by Gasteiger charge is -2.11. The Labute approximate surface area is 192 Å². The smallest absolute Gasteiger partial charge is 0.338 e. The molecule has 178 valence electrons. The fraction of sp³-hybridized carbons (Fsp3) is 0.750. The van der Waals surface area contributed by atoms with Crippen molar-refractivity contribution in [1.82, 2.24) is 0 Å². The molecule has 0 spiro atoms. The van der Waals surface area contributed by atoms with Crippen LogP contribution >= 0.6 is 0 Å². The van der Waals surface area contributed by atoms with Gasteiger partial charge in [-0.25, -0.2) is 4.79 Å². The molecule has 0 atom stereocenters. The normalized spacial score (nSPS) is 11.1. The zero-order valence-electron chi connectivity index (χ0n) is 20.6. The zero-order valence-corrected chi connectivity index (χ0v) is 20.6. The van der Waals surface area contributed by atoms with Crippen LogP contribution in [0.5, 0.6) is 5.75 Å². The molecule has 3 nitrogen and oxygen atoms in total. The van der Waals surface area contributed by atoms with Gasteiger partial charge >= 0.3 is 5.97 Å². The Balaban J connectivity index is 2.05. The largest absolute Gasteiger partial charge is 0.507 e. The van der Waals surface area contributed by atoms with Crippen molar-refractivity contribution in [2.45, 2.75) is 130 Å². The van der Waals surface area contributed by atoms with E-state index in [1.54, 1.807) is 12.1 Å². The number of aryl methyl sites for hydroxylation is 2. The first-order valence-electron chi connectivity index (χ1n) is 13.1. The SMILES string of the molecule is CCCCCCCCCCCCCCCCOC(=O)c1cc(C)c(O)c(CCCC)c1. The standard InChI is InChI=1S/C28H48O3/c1-4-6-8-9-10-11-12-13-14-15-16-17-18-19-21-31-28(30)26-22-24(3)27(29)25(23-26)20-7-5-2/h22-23,29H,4-21H2,1-3H3. The summed E-state index contributed by atoms with van der Waals surface area (Å²) in [5.74, 6) is 0.0486. The molecule has 1 aromatic rings. The predicted octanol–water partition coefficient (Wildman–Crippen LogP) is 8.68. The maximum absolute atomic E-state index is 12.4. The van der Waals surface area contributed by atoms with Crippen LogP contribution in [0.15, 0.2) is 12.1 Å². The number of aromatic hydroxyl groups is 1. The average molecular weight is 433 g/mol. The van der Waals surface area contributed by atoms with E-state index in [0.29, 0.717) is 17.9 Å². The molecule has 0 aliphatic heterocycles. The molecule has 1 N–H and O–H groups in total. The molecule has 3 heteroatoms. The van der Waals surface area contributed by atoms with Gasteiger partial charge in [-0.3, -0.25) is 0 Å². The van der Waals surface area contributed by atoms with Crippen LogP contribution in [0.4, 0.5) is 0 Å². The molecule has 0 aliphatic carbocycles. The summed E-state index contributed by atoms with van der Waals surface area (Å²) in [4.78, 5) is 12.4. The topological polar surface area (TPSA) is 46.5 Å². The third-order valence-electron chi connectivity index (χ3n) is 6.15. The van der Waals surface area contributed by atoms with Gasteiger partial charge in [0.25, 0.3) is 0 Å². The number of rotatable bonds is 19. The van der Waals surface area contributed by atoms with Gasteiger partial charge in [0, 0.05) is 0 Å². The lowest BCUT2D eigenvalue weighted by atomic mass is 10.0. The monoisotopic (exact) mass is 432 g/mol. The number of hydrogen-bond acceptors (Lipinski definition) is 3. The summed E-state index contributed by atoms with van der Waals surface area (Å²) < 4.78 is 5.47. The second-order valence-electron chi connectivity index (χ2n) is 9.14. The van der Waals surface area contributed by atoms with E-state index >= 15 is 0 Å². The highest BCUT2D eigenvalue weighted by Crippen LogP contribution is 2.26. The van der Waals surface area contributed by atoms with E-state index in [-0.39, 0.29) is 5.97 Å². The number of unbranched alkanes of at least 4 members (excludes halogenated alkanes) is 14. The highest BCUT2D eigenvalue weighted by Gasteiger charge is 2.13. The van der Waals surface area contributed by atoms with E-state index in [2.05, 4.69) is 13.8 Å². The molecule has 0 bridgehead atoms. The number of esters is 1. The van der Waals surface area contributed by atoms with Gasteiger partial charge in [-0.15, -0.1) is 0 Å². The Morgan fingerprint density at radius 3 is 1.74 bits per heavy atom. The highest BCUT2D eigenvalue weighted by atomic mass is 16.5. The number of ether oxygens (including phenoxy) is 1. The molecule has 0 aromatic heterocycles. The summed E-state index contributed by atoms with van der Waals surface area (Å²) in [6, 6.07) is 3.53. The van der Waals surface area contributed by atoms with E-state index in [9.17, 15) is 9.90 Å². The van der Waals surface area contributed by atoms with Gasteiger partial charge in [-0.2, -0.15) is 0 Å². The number of carbonyl (C=O) groups excluding carboxylic acids is 1. The lowest BCUT2D eigenvalue weighted by Crippen LogP contribution is -2.08. The molecule has 1 aromatic carbocycles. The van der Waals surface area contributed by atoms with Crippen LogP contribution in [0.2, 0.25) is 0 Å². The molecule has 0 saturated carbocycles. The van der Waals surface area contributed by atoms with Crippen molar-refractivity contribution in [2.24, 2.45) is 0 Å². The van der Waals surface area contributed by atoms with Crippen LogP contribution in [-0.4, -0.2) is 17.7 Å². The van der Waals surface area contributed by atoms with E-state index in [1.807, 2.05) is 6.92 Å². The van der Waals surface area contributed by atoms with Gasteiger partial charge in [0.2, 0.25) is 0 Å². The van der Waals surface area contributed by atoms with Crippen molar-refractivity contribution >= 4 is 5.97 Å². The summed E-state index contributed by atoms with van der Waals surface area (Å²) in [7, 11) is 0. The van der Waals surface area contributed by atoms with E-state index in [4.69, 9.17) is 4.74 Å². The number of hydrogen-bond donors (Lipinski definition) is 1. The highest BCUT2D eigenvalue weighted by molar-refractivity contribution is 5.90. The minimum atomic E-state index is -0.268. The molecule has 0 amide bonds. The molecule has 0 aliphatic rings. The second kappa shape index (κ2) is 18.1. The van der Waals surface area contributed by atoms with Crippen LogP contribution in [0, 0.1) is 6.92 Å². The summed E-state index contributed by atoms with van der Waals surface area (Å²) in [6.45, 7) is 6.73. The van der Waals surface area contributed by atoms with Gasteiger partial charge in [-0.05, 0) is 49.4 Å². The van der Waals surface area contributed by atoms with Crippen LogP contribution in [0.3, 0.4) is 0 Å². The number of carbonyl (C=O) groups is 1. The van der Waals surface area contributed by atoms with E-state index in [0.717, 1.165) is 43.2 Å². The summed E-state index contributed by atoms with van der Waals surface area (Å²) in [6.07, 6.45) is 21.3. The lowest BCUT2D eigenvalue weighted by molar-refractivity contribution is 0.0497. The van der Waals surface area contributed by atoms with Gasteiger partial charge in [0.15, 0.2) is 0 Å². The van der Waals surface area contributed by atoms with Crippen molar-refractivity contribution < 1.29 is 14.6 Å². The molecular weight excluding hydrogens is 384 g/mol. The Bertz CT molecular complexity index is 594. The molecular formula is C28H48O3. The third kappa shape index (κ3) is 12.8. The fourth-order valence-electron chi connectivity index (χ4n) is 4.07. The first-order chi connectivity index (χ1) is 15.1. The van der Waals surface area contributed by atoms with Crippen LogP contribution in [-0.2, 0) is 11.2 Å². The maximum Gasteiger partial charge on any atom is 0.338 e. The van der Waals surface area contributed by atoms with Crippen LogP contribution < -0.4 is 0 Å². The molecule has 31 heavy (non-hydrogen) atoms. The summed E-state index contributed by atoms with van der Waals surface area (Å²) in [5.41, 5.74) is 2.16. The van der Waals surface area contributed by atoms with Crippen molar-refractivity contribution in [3.8, 4) is 5.75 Å². The fourth-order valence-corrected chi connectivity index (χ4v) is 4.07. The van der Waals surface area contributed by atoms with Gasteiger partial charge in [0.05, 0.1) is 12.2 Å². The van der Waals surface area contributed by atoms with Crippen molar-refractivity contribution in [2.75, 3.05) is 6.61 Å². The first kappa shape index (κ1) is 27.5. The van der Waals surface area contributed by atoms with Gasteiger partial charge < -0.3 is 9.84 Å². The molecule has 1 rings (SSSR count). The van der Waals surface area contributed by atoms with Crippen LogP contribution in [0.1, 0.15) is 138 Å². The Morgan fingerprint density at radius 2 is 1.23 bits per heavy atom. The molecule has 0 unspecified atom stereocenters. The second-order valence-corrected chi connectivity index (χ2v) is 9.14. The van der Waals surface area contributed by atoms with Crippen molar-refractivity contribution in [3.63, 3.8) is 0 Å². The maximum atomic E-state index is 12.4. The van der Waals surface area contributed by atoms with E-state index in [1.165, 1.54) is 77.0 Å². The van der Waals surface area contributed by atoms with E-state index < -0.39 is 0 Å². The molecule has 0 heterocycles. The minimum Gasteiger partial charge on any atom is -0.507 e. The minimum absolute atomic E-state index is 0.268. The number of phenolic OH excluding ortho intramolecular Hbond substituents is 1. The molecule has 0 radical (unpaired) electrons. The van der Waals surface area contributed by atoms with Crippen molar-refractivity contribution in [3.05, 3.63) is 28.8 Å². The number of phenols is 1. The van der Waals surface area contributed by atoms with Crippen molar-refractivity contribution in [1.29, 1.82) is 0 Å². The third-order valence-corrected chi connectivity index (χ3v) is 6.15. The Hall–Kier alpha value is -1.51. The van der Waals surface area contributed by atoms with Gasteiger partial charge in [0.1, 0.15) is 5.75 Å². The Kier molecular flexibility index (Phi) is 16.1. The number of benzene rings is 1. The first-order valence-corrected chi connectivity index (χ1v) is 13.1. The average Bonchev–Trinajstić information content (AvgIpc) is 2.77. The summed E-state index contributed by atoms with van der Waals surface area (Å²) in [5, 5.41) is 10.2. The molecule has 0 fully saturated rings. The zero-order chi connectivity index (χ0) is 22.7. The van der Waals surface area contributed by atoms with Gasteiger partial charge in [-0.1, -0.05) is 104 Å².